The van der Waals surface area contributed by atoms with Crippen molar-refractivity contribution >= 4 is 29.2 Å². The quantitative estimate of drug-likeness (QED) is 0.267. The second kappa shape index (κ2) is 13.5. The summed E-state index contributed by atoms with van der Waals surface area (Å²) in [5.74, 6) is -3.18. The van der Waals surface area contributed by atoms with E-state index in [2.05, 4.69) is 15.2 Å². The minimum atomic E-state index is -0.966. The van der Waals surface area contributed by atoms with Gasteiger partial charge < -0.3 is 14.8 Å². The number of nitro groups is 1. The van der Waals surface area contributed by atoms with E-state index in [-0.39, 0.29) is 23.2 Å². The summed E-state index contributed by atoms with van der Waals surface area (Å²) in [6.07, 6.45) is 0.928. The lowest BCUT2D eigenvalue weighted by Crippen LogP contribution is -2.45. The van der Waals surface area contributed by atoms with Gasteiger partial charge in [0.25, 0.3) is 5.69 Å². The lowest BCUT2D eigenvalue weighted by molar-refractivity contribution is -0.384. The summed E-state index contributed by atoms with van der Waals surface area (Å²) < 4.78 is 11.3. The van der Waals surface area contributed by atoms with Crippen LogP contribution in [0.3, 0.4) is 0 Å². The lowest BCUT2D eigenvalue weighted by atomic mass is 9.75. The molecule has 2 heterocycles. The van der Waals surface area contributed by atoms with Gasteiger partial charge in [-0.1, -0.05) is 42.5 Å². The minimum Gasteiger partial charge on any atom is -0.468 e. The highest BCUT2D eigenvalue weighted by Gasteiger charge is 2.43. The number of rotatable bonds is 9. The topological polar surface area (TPSA) is 140 Å². The van der Waals surface area contributed by atoms with Crippen molar-refractivity contribution in [2.24, 2.45) is 10.9 Å². The SMILES string of the molecule is COC(=O)C1C(C)=NC(C)=C(C(=O)OC(CN2CCC(NC(C)=O)CC2)c2ccccc2)C1c1cccc([N+](=O)[O-])c1. The maximum absolute atomic E-state index is 14.1. The van der Waals surface area contributed by atoms with Crippen LogP contribution in [0.15, 0.2) is 70.9 Å². The van der Waals surface area contributed by atoms with Crippen LogP contribution in [-0.2, 0) is 23.9 Å². The van der Waals surface area contributed by atoms with Gasteiger partial charge in [0.1, 0.15) is 12.0 Å². The normalized spacial score (nSPS) is 20.3. The summed E-state index contributed by atoms with van der Waals surface area (Å²) in [6, 6.07) is 15.4. The molecule has 11 nitrogen and oxygen atoms in total. The number of aliphatic imine (C=N–C) groups is 1. The van der Waals surface area contributed by atoms with Crippen LogP contribution in [0.5, 0.6) is 0 Å². The summed E-state index contributed by atoms with van der Waals surface area (Å²) >= 11 is 0. The number of likely N-dealkylation sites (tertiary alicyclic amines) is 1. The average molecular weight is 577 g/mol. The summed E-state index contributed by atoms with van der Waals surface area (Å²) in [5, 5.41) is 14.5. The fourth-order valence-electron chi connectivity index (χ4n) is 5.78. The molecule has 0 saturated carbocycles. The van der Waals surface area contributed by atoms with Crippen LogP contribution >= 0.6 is 0 Å². The Morgan fingerprint density at radius 2 is 1.79 bits per heavy atom. The van der Waals surface area contributed by atoms with Crippen LogP contribution < -0.4 is 5.32 Å². The third-order valence-electron chi connectivity index (χ3n) is 7.78. The molecule has 1 amide bonds. The highest BCUT2D eigenvalue weighted by molar-refractivity contribution is 6.07. The van der Waals surface area contributed by atoms with Crippen LogP contribution in [-0.4, -0.2) is 66.2 Å². The Balaban J connectivity index is 1.67. The number of amides is 1. The van der Waals surface area contributed by atoms with E-state index in [0.717, 1.165) is 31.5 Å². The second-order valence-electron chi connectivity index (χ2n) is 10.7. The first-order chi connectivity index (χ1) is 20.1. The molecule has 4 rings (SSSR count). The number of nitro benzene ring substituents is 1. The van der Waals surface area contributed by atoms with Gasteiger partial charge in [-0.05, 0) is 37.8 Å². The number of esters is 2. The number of nitrogens with zero attached hydrogens (tertiary/aromatic N) is 3. The van der Waals surface area contributed by atoms with E-state index in [1.807, 2.05) is 30.3 Å². The number of methoxy groups -OCH3 is 1. The monoisotopic (exact) mass is 576 g/mol. The first-order valence-electron chi connectivity index (χ1n) is 13.9. The van der Waals surface area contributed by atoms with Gasteiger partial charge >= 0.3 is 11.9 Å². The Kier molecular flexibility index (Phi) is 9.84. The zero-order valence-corrected chi connectivity index (χ0v) is 24.2. The highest BCUT2D eigenvalue weighted by atomic mass is 16.6. The number of ether oxygens (including phenoxy) is 2. The molecule has 0 bridgehead atoms. The molecule has 0 radical (unpaired) electrons. The first-order valence-corrected chi connectivity index (χ1v) is 13.9. The molecule has 11 heteroatoms. The van der Waals surface area contributed by atoms with Crippen molar-refractivity contribution in [3.8, 4) is 0 Å². The van der Waals surface area contributed by atoms with Gasteiger partial charge in [0.15, 0.2) is 0 Å². The number of hydrogen-bond donors (Lipinski definition) is 1. The Bertz CT molecular complexity index is 1400. The third-order valence-corrected chi connectivity index (χ3v) is 7.78. The average Bonchev–Trinajstić information content (AvgIpc) is 2.97. The first kappa shape index (κ1) is 30.6. The van der Waals surface area contributed by atoms with E-state index in [4.69, 9.17) is 9.47 Å². The Hall–Kier alpha value is -4.38. The van der Waals surface area contributed by atoms with Gasteiger partial charge in [0, 0.05) is 62.1 Å². The molecule has 2 aromatic carbocycles. The van der Waals surface area contributed by atoms with E-state index in [9.17, 15) is 24.5 Å². The summed E-state index contributed by atoms with van der Waals surface area (Å²) in [4.78, 5) is 56.3. The molecule has 3 unspecified atom stereocenters. The Labute approximate surface area is 244 Å². The van der Waals surface area contributed by atoms with Crippen LogP contribution in [0, 0.1) is 16.0 Å². The van der Waals surface area contributed by atoms with Gasteiger partial charge in [-0.25, -0.2) is 4.79 Å². The van der Waals surface area contributed by atoms with Crippen LogP contribution in [0.4, 0.5) is 5.69 Å². The molecule has 2 aromatic rings. The molecule has 2 aliphatic rings. The fraction of sp³-hybridized carbons (Fsp3) is 0.419. The van der Waals surface area contributed by atoms with Crippen molar-refractivity contribution in [2.75, 3.05) is 26.7 Å². The van der Waals surface area contributed by atoms with Gasteiger partial charge in [-0.15, -0.1) is 0 Å². The lowest BCUT2D eigenvalue weighted by Gasteiger charge is -2.35. The van der Waals surface area contributed by atoms with E-state index in [0.29, 0.717) is 23.5 Å². The number of allylic oxidation sites excluding steroid dienone is 1. The van der Waals surface area contributed by atoms with Crippen LogP contribution in [0.2, 0.25) is 0 Å². The second-order valence-corrected chi connectivity index (χ2v) is 10.7. The zero-order chi connectivity index (χ0) is 30.4. The van der Waals surface area contributed by atoms with Gasteiger partial charge in [-0.2, -0.15) is 0 Å². The van der Waals surface area contributed by atoms with Crippen molar-refractivity contribution in [2.45, 2.75) is 51.7 Å². The molecule has 0 aliphatic carbocycles. The van der Waals surface area contributed by atoms with Crippen molar-refractivity contribution < 1.29 is 28.8 Å². The van der Waals surface area contributed by atoms with E-state index in [1.54, 1.807) is 19.9 Å². The molecule has 2 aliphatic heterocycles. The number of carbonyl (C=O) groups is 3. The smallest absolute Gasteiger partial charge is 0.337 e. The standard InChI is InChI=1S/C31H36N4O7/c1-19-27(30(37)41-4)29(23-11-8-12-25(17-23)35(39)40)28(20(2)32-19)31(38)42-26(22-9-6-5-7-10-22)18-34-15-13-24(14-16-34)33-21(3)36/h5-12,17,24,26-27,29H,13-16,18H2,1-4H3,(H,33,36). The maximum Gasteiger partial charge on any atom is 0.337 e. The van der Waals surface area contributed by atoms with E-state index >= 15 is 0 Å². The van der Waals surface area contributed by atoms with Crippen molar-refractivity contribution in [1.82, 2.24) is 10.2 Å². The fourth-order valence-corrected chi connectivity index (χ4v) is 5.78. The number of hydrogen-bond acceptors (Lipinski definition) is 9. The van der Waals surface area contributed by atoms with Crippen molar-refractivity contribution in [1.29, 1.82) is 0 Å². The largest absolute Gasteiger partial charge is 0.468 e. The molecule has 0 aromatic heterocycles. The van der Waals surface area contributed by atoms with E-state index < -0.39 is 34.8 Å². The van der Waals surface area contributed by atoms with Gasteiger partial charge in [-0.3, -0.25) is 29.6 Å². The maximum atomic E-state index is 14.1. The van der Waals surface area contributed by atoms with Crippen molar-refractivity contribution in [3.05, 3.63) is 87.1 Å². The summed E-state index contributed by atoms with van der Waals surface area (Å²) in [7, 11) is 1.25. The summed E-state index contributed by atoms with van der Waals surface area (Å²) in [5.41, 5.74) is 2.02. The molecule has 1 saturated heterocycles. The van der Waals surface area contributed by atoms with Crippen LogP contribution in [0.25, 0.3) is 0 Å². The number of non-ortho nitro benzene ring substituents is 1. The molecule has 1 N–H and O–H groups in total. The molecule has 0 spiro atoms. The molecular weight excluding hydrogens is 540 g/mol. The molecular formula is C31H36N4O7. The Morgan fingerprint density at radius 1 is 1.10 bits per heavy atom. The van der Waals surface area contributed by atoms with Gasteiger partial charge in [0.2, 0.25) is 5.91 Å². The number of piperidine rings is 1. The third kappa shape index (κ3) is 7.09. The molecule has 222 valence electrons. The van der Waals surface area contributed by atoms with Gasteiger partial charge in [0.05, 0.1) is 17.6 Å². The summed E-state index contributed by atoms with van der Waals surface area (Å²) in [6.45, 7) is 6.72. The number of benzene rings is 2. The van der Waals surface area contributed by atoms with Crippen molar-refractivity contribution in [3.63, 3.8) is 0 Å². The number of carbonyl (C=O) groups excluding carboxylic acids is 3. The number of nitrogens with one attached hydrogen (secondary N) is 1. The zero-order valence-electron chi connectivity index (χ0n) is 24.2. The van der Waals surface area contributed by atoms with E-state index in [1.165, 1.54) is 32.2 Å². The molecule has 42 heavy (non-hydrogen) atoms. The molecule has 1 fully saturated rings. The predicted molar refractivity (Wildman–Crippen MR) is 156 cm³/mol. The van der Waals surface area contributed by atoms with Crippen LogP contribution in [0.1, 0.15) is 56.8 Å². The predicted octanol–water partition coefficient (Wildman–Crippen LogP) is 4.10. The highest BCUT2D eigenvalue weighted by Crippen LogP contribution is 2.41. The molecule has 3 atom stereocenters. The Morgan fingerprint density at radius 3 is 2.40 bits per heavy atom. The minimum absolute atomic E-state index is 0.0536.